The van der Waals surface area contributed by atoms with Gasteiger partial charge in [0.05, 0.1) is 12.7 Å². The average molecular weight is 333 g/mol. The summed E-state index contributed by atoms with van der Waals surface area (Å²) in [6.45, 7) is 2.42. The van der Waals surface area contributed by atoms with Crippen molar-refractivity contribution in [3.63, 3.8) is 0 Å². The molecule has 5 heteroatoms. The number of imidazole rings is 1. The van der Waals surface area contributed by atoms with Crippen molar-refractivity contribution in [1.82, 2.24) is 9.55 Å². The van der Waals surface area contributed by atoms with E-state index in [1.165, 1.54) is 11.8 Å². The van der Waals surface area contributed by atoms with E-state index in [2.05, 4.69) is 4.98 Å². The van der Waals surface area contributed by atoms with Gasteiger partial charge in [-0.2, -0.15) is 0 Å². The summed E-state index contributed by atoms with van der Waals surface area (Å²) in [5.41, 5.74) is 2.93. The lowest BCUT2D eigenvalue weighted by Gasteiger charge is -2.11. The van der Waals surface area contributed by atoms with Crippen LogP contribution in [0.1, 0.15) is 11.1 Å². The minimum absolute atomic E-state index is 0.0895. The second-order valence-corrected chi connectivity index (χ2v) is 5.97. The molecule has 0 aliphatic carbocycles. The standard InChI is InChI=1S/C17H14Cl2N2O/c1-11-2-4-12(5-3-11)17-20-9-16(22)21(17)10-13-8-14(18)6-7-15(13)19/h2-9,22H,10H2,1H3. The quantitative estimate of drug-likeness (QED) is 0.739. The van der Waals surface area contributed by atoms with Crippen LogP contribution in [0.25, 0.3) is 11.4 Å². The molecule has 0 amide bonds. The van der Waals surface area contributed by atoms with E-state index in [1.807, 2.05) is 31.2 Å². The Morgan fingerprint density at radius 1 is 1.09 bits per heavy atom. The molecule has 112 valence electrons. The van der Waals surface area contributed by atoms with Crippen LogP contribution in [-0.2, 0) is 6.54 Å². The molecule has 0 unspecified atom stereocenters. The van der Waals surface area contributed by atoms with E-state index in [0.29, 0.717) is 22.4 Å². The lowest BCUT2D eigenvalue weighted by Crippen LogP contribution is -2.02. The first-order valence-electron chi connectivity index (χ1n) is 6.80. The molecule has 3 nitrogen and oxygen atoms in total. The molecular weight excluding hydrogens is 319 g/mol. The van der Waals surface area contributed by atoms with Gasteiger partial charge in [0.15, 0.2) is 0 Å². The van der Waals surface area contributed by atoms with Crippen LogP contribution in [0, 0.1) is 6.92 Å². The van der Waals surface area contributed by atoms with Crippen LogP contribution in [0.2, 0.25) is 10.0 Å². The number of benzene rings is 2. The molecule has 0 spiro atoms. The average Bonchev–Trinajstić information content (AvgIpc) is 2.85. The lowest BCUT2D eigenvalue weighted by atomic mass is 10.1. The van der Waals surface area contributed by atoms with E-state index in [9.17, 15) is 5.11 Å². The first kappa shape index (κ1) is 14.9. The van der Waals surface area contributed by atoms with Gasteiger partial charge in [-0.25, -0.2) is 4.98 Å². The fraction of sp³-hybridized carbons (Fsp3) is 0.118. The summed E-state index contributed by atoms with van der Waals surface area (Å²) in [4.78, 5) is 4.30. The van der Waals surface area contributed by atoms with E-state index in [4.69, 9.17) is 23.2 Å². The molecule has 3 rings (SSSR count). The van der Waals surface area contributed by atoms with Gasteiger partial charge in [0.1, 0.15) is 5.82 Å². The van der Waals surface area contributed by atoms with Crippen molar-refractivity contribution in [2.45, 2.75) is 13.5 Å². The molecule has 0 aliphatic heterocycles. The van der Waals surface area contributed by atoms with Gasteiger partial charge in [-0.15, -0.1) is 0 Å². The van der Waals surface area contributed by atoms with Crippen molar-refractivity contribution in [1.29, 1.82) is 0 Å². The van der Waals surface area contributed by atoms with E-state index in [0.717, 1.165) is 11.1 Å². The molecule has 0 saturated heterocycles. The Morgan fingerprint density at radius 2 is 1.82 bits per heavy atom. The minimum Gasteiger partial charge on any atom is -0.493 e. The largest absolute Gasteiger partial charge is 0.493 e. The molecule has 0 fully saturated rings. The number of aryl methyl sites for hydroxylation is 1. The smallest absolute Gasteiger partial charge is 0.211 e. The fourth-order valence-electron chi connectivity index (χ4n) is 2.29. The van der Waals surface area contributed by atoms with Crippen LogP contribution >= 0.6 is 23.2 Å². The summed E-state index contributed by atoms with van der Waals surface area (Å²) < 4.78 is 1.71. The molecule has 3 aromatic rings. The Bertz CT molecular complexity index is 810. The summed E-state index contributed by atoms with van der Waals surface area (Å²) in [6, 6.07) is 13.3. The normalized spacial score (nSPS) is 10.9. The zero-order chi connectivity index (χ0) is 15.7. The zero-order valence-electron chi connectivity index (χ0n) is 11.9. The highest BCUT2D eigenvalue weighted by Crippen LogP contribution is 2.28. The molecule has 0 bridgehead atoms. The third-order valence-electron chi connectivity index (χ3n) is 3.48. The van der Waals surface area contributed by atoms with Gasteiger partial charge in [0, 0.05) is 15.6 Å². The van der Waals surface area contributed by atoms with Crippen molar-refractivity contribution in [2.75, 3.05) is 0 Å². The van der Waals surface area contributed by atoms with Crippen molar-refractivity contribution in [3.8, 4) is 17.3 Å². The molecule has 1 aromatic heterocycles. The summed E-state index contributed by atoms with van der Waals surface area (Å²) in [6.07, 6.45) is 1.44. The molecule has 0 aliphatic rings. The van der Waals surface area contributed by atoms with Gasteiger partial charge >= 0.3 is 0 Å². The SMILES string of the molecule is Cc1ccc(-c2ncc(O)n2Cc2cc(Cl)ccc2Cl)cc1. The highest BCUT2D eigenvalue weighted by molar-refractivity contribution is 6.33. The molecular formula is C17H14Cl2N2O. The molecule has 0 saturated carbocycles. The molecule has 0 atom stereocenters. The maximum Gasteiger partial charge on any atom is 0.211 e. The van der Waals surface area contributed by atoms with Crippen molar-refractivity contribution >= 4 is 23.2 Å². The van der Waals surface area contributed by atoms with E-state index < -0.39 is 0 Å². The molecule has 1 N–H and O–H groups in total. The predicted molar refractivity (Wildman–Crippen MR) is 89.6 cm³/mol. The molecule has 0 radical (unpaired) electrons. The van der Waals surface area contributed by atoms with Gasteiger partial charge < -0.3 is 5.11 Å². The van der Waals surface area contributed by atoms with Gasteiger partial charge in [-0.1, -0.05) is 53.0 Å². The second kappa shape index (κ2) is 6.03. The number of hydrogen-bond donors (Lipinski definition) is 1. The van der Waals surface area contributed by atoms with Crippen LogP contribution in [-0.4, -0.2) is 14.7 Å². The van der Waals surface area contributed by atoms with E-state index >= 15 is 0 Å². The van der Waals surface area contributed by atoms with E-state index in [1.54, 1.807) is 22.8 Å². The lowest BCUT2D eigenvalue weighted by molar-refractivity contribution is 0.426. The second-order valence-electron chi connectivity index (χ2n) is 5.13. The molecule has 2 aromatic carbocycles. The van der Waals surface area contributed by atoms with Gasteiger partial charge in [-0.05, 0) is 30.7 Å². The number of halogens is 2. The summed E-state index contributed by atoms with van der Waals surface area (Å²) in [5, 5.41) is 11.3. The van der Waals surface area contributed by atoms with Crippen LogP contribution in [0.15, 0.2) is 48.7 Å². The van der Waals surface area contributed by atoms with E-state index in [-0.39, 0.29) is 5.88 Å². The third kappa shape index (κ3) is 2.96. The first-order valence-corrected chi connectivity index (χ1v) is 7.55. The van der Waals surface area contributed by atoms with Crippen LogP contribution < -0.4 is 0 Å². The highest BCUT2D eigenvalue weighted by atomic mass is 35.5. The maximum absolute atomic E-state index is 10.1. The monoisotopic (exact) mass is 332 g/mol. The summed E-state index contributed by atoms with van der Waals surface area (Å²) >= 11 is 12.2. The minimum atomic E-state index is 0.0895. The van der Waals surface area contributed by atoms with Gasteiger partial charge in [0.2, 0.25) is 5.88 Å². The zero-order valence-corrected chi connectivity index (χ0v) is 13.4. The molecule has 22 heavy (non-hydrogen) atoms. The number of hydrogen-bond acceptors (Lipinski definition) is 2. The number of aromatic nitrogens is 2. The number of nitrogens with zero attached hydrogens (tertiary/aromatic N) is 2. The molecule has 1 heterocycles. The van der Waals surface area contributed by atoms with Crippen molar-refractivity contribution in [2.24, 2.45) is 0 Å². The topological polar surface area (TPSA) is 38.1 Å². The highest BCUT2D eigenvalue weighted by Gasteiger charge is 2.13. The maximum atomic E-state index is 10.1. The fourth-order valence-corrected chi connectivity index (χ4v) is 2.66. The predicted octanol–water partition coefficient (Wildman–Crippen LogP) is 4.92. The number of aromatic hydroxyl groups is 1. The Kier molecular flexibility index (Phi) is 4.10. The van der Waals surface area contributed by atoms with Gasteiger partial charge in [-0.3, -0.25) is 4.57 Å². The Balaban J connectivity index is 2.02. The van der Waals surface area contributed by atoms with Gasteiger partial charge in [0.25, 0.3) is 0 Å². The summed E-state index contributed by atoms with van der Waals surface area (Å²) in [7, 11) is 0. The van der Waals surface area contributed by atoms with Crippen molar-refractivity contribution in [3.05, 3.63) is 69.8 Å². The van der Waals surface area contributed by atoms with Crippen LogP contribution in [0.4, 0.5) is 0 Å². The number of rotatable bonds is 3. The summed E-state index contributed by atoms with van der Waals surface area (Å²) in [5.74, 6) is 0.778. The van der Waals surface area contributed by atoms with Crippen LogP contribution in [0.3, 0.4) is 0 Å². The van der Waals surface area contributed by atoms with Crippen LogP contribution in [0.5, 0.6) is 5.88 Å². The third-order valence-corrected chi connectivity index (χ3v) is 4.08. The van der Waals surface area contributed by atoms with Crippen molar-refractivity contribution < 1.29 is 5.11 Å². The Labute approximate surface area is 138 Å². The first-order chi connectivity index (χ1) is 10.5. The Hall–Kier alpha value is -1.97. The Morgan fingerprint density at radius 3 is 2.55 bits per heavy atom.